The normalized spacial score (nSPS) is 19.3. The standard InChI is InChI=1S/C24H29F2N7O3/c1-15(23(35)32-8-4-5-16(32)14-34)27-24-29-19(31-9-11-36-12-10-31)13-20(30-24)33-18-7-3-2-6-17(18)28-22(33)21(25)26/h2-3,6-7,13,15-16,21,34H,4-5,8-12,14H2,1H3,(H,27,29,30)/t15-,16+/m0/s1. The number of halogens is 2. The number of hydrogen-bond acceptors (Lipinski definition) is 8. The maximum atomic E-state index is 14.0. The van der Waals surface area contributed by atoms with E-state index in [0.29, 0.717) is 49.7 Å². The van der Waals surface area contributed by atoms with Crippen LogP contribution >= 0.6 is 0 Å². The van der Waals surface area contributed by atoms with E-state index in [-0.39, 0.29) is 30.3 Å². The van der Waals surface area contributed by atoms with E-state index in [1.165, 1.54) is 4.57 Å². The summed E-state index contributed by atoms with van der Waals surface area (Å²) in [5.74, 6) is 0.327. The Morgan fingerprint density at radius 1 is 1.17 bits per heavy atom. The number of anilines is 2. The third-order valence-corrected chi connectivity index (χ3v) is 6.63. The Morgan fingerprint density at radius 2 is 1.92 bits per heavy atom. The molecule has 2 N–H and O–H groups in total. The van der Waals surface area contributed by atoms with E-state index < -0.39 is 18.3 Å². The summed E-state index contributed by atoms with van der Waals surface area (Å²) in [7, 11) is 0. The predicted molar refractivity (Wildman–Crippen MR) is 130 cm³/mol. The fourth-order valence-electron chi connectivity index (χ4n) is 4.81. The smallest absolute Gasteiger partial charge is 0.296 e. The van der Waals surface area contributed by atoms with Gasteiger partial charge in [0.15, 0.2) is 5.82 Å². The number of ether oxygens (including phenoxy) is 1. The van der Waals surface area contributed by atoms with E-state index in [2.05, 4.69) is 20.3 Å². The van der Waals surface area contributed by atoms with Crippen LogP contribution in [0.1, 0.15) is 32.0 Å². The zero-order valence-electron chi connectivity index (χ0n) is 20.0. The minimum atomic E-state index is -2.82. The molecule has 2 atom stereocenters. The van der Waals surface area contributed by atoms with Crippen LogP contribution < -0.4 is 10.2 Å². The number of carbonyl (C=O) groups is 1. The van der Waals surface area contributed by atoms with Crippen molar-refractivity contribution in [3.63, 3.8) is 0 Å². The first kappa shape index (κ1) is 24.3. The highest BCUT2D eigenvalue weighted by Gasteiger charge is 2.31. The summed E-state index contributed by atoms with van der Waals surface area (Å²) in [4.78, 5) is 30.0. The van der Waals surface area contributed by atoms with Crippen molar-refractivity contribution in [2.24, 2.45) is 0 Å². The highest BCUT2D eigenvalue weighted by Crippen LogP contribution is 2.29. The number of para-hydroxylation sites is 2. The zero-order chi connectivity index (χ0) is 25.2. The van der Waals surface area contributed by atoms with Gasteiger partial charge in [0, 0.05) is 25.7 Å². The van der Waals surface area contributed by atoms with E-state index in [0.717, 1.165) is 12.8 Å². The number of benzene rings is 1. The monoisotopic (exact) mass is 501 g/mol. The lowest BCUT2D eigenvalue weighted by Crippen LogP contribution is -2.45. The van der Waals surface area contributed by atoms with Crippen LogP contribution in [0.5, 0.6) is 0 Å². The first-order valence-corrected chi connectivity index (χ1v) is 12.1. The van der Waals surface area contributed by atoms with Gasteiger partial charge in [-0.3, -0.25) is 9.36 Å². The molecule has 0 aliphatic carbocycles. The number of carbonyl (C=O) groups excluding carboxylic acids is 1. The van der Waals surface area contributed by atoms with E-state index in [4.69, 9.17) is 4.74 Å². The third-order valence-electron chi connectivity index (χ3n) is 6.63. The van der Waals surface area contributed by atoms with Gasteiger partial charge < -0.3 is 25.0 Å². The quantitative estimate of drug-likeness (QED) is 0.508. The number of alkyl halides is 2. The average Bonchev–Trinajstić information content (AvgIpc) is 3.53. The molecule has 0 spiro atoms. The second-order valence-electron chi connectivity index (χ2n) is 8.98. The first-order valence-electron chi connectivity index (χ1n) is 12.1. The predicted octanol–water partition coefficient (Wildman–Crippen LogP) is 2.37. The number of aromatic nitrogens is 4. The number of aliphatic hydroxyl groups excluding tert-OH is 1. The molecule has 2 fully saturated rings. The highest BCUT2D eigenvalue weighted by molar-refractivity contribution is 5.84. The second kappa shape index (κ2) is 10.3. The van der Waals surface area contributed by atoms with E-state index in [9.17, 15) is 18.7 Å². The van der Waals surface area contributed by atoms with Crippen molar-refractivity contribution in [1.29, 1.82) is 0 Å². The number of nitrogens with zero attached hydrogens (tertiary/aromatic N) is 6. The second-order valence-corrected chi connectivity index (χ2v) is 8.98. The Labute approximate surface area is 206 Å². The number of fused-ring (bicyclic) bond motifs is 1. The van der Waals surface area contributed by atoms with Gasteiger partial charge in [-0.25, -0.2) is 13.8 Å². The van der Waals surface area contributed by atoms with Gasteiger partial charge >= 0.3 is 0 Å². The molecule has 2 saturated heterocycles. The van der Waals surface area contributed by atoms with Crippen LogP contribution in [0.15, 0.2) is 30.3 Å². The van der Waals surface area contributed by atoms with Gasteiger partial charge in [0.05, 0.1) is 36.9 Å². The molecule has 0 saturated carbocycles. The van der Waals surface area contributed by atoms with Crippen molar-refractivity contribution in [3.05, 3.63) is 36.2 Å². The maximum Gasteiger partial charge on any atom is 0.296 e. The number of hydrogen-bond donors (Lipinski definition) is 2. The lowest BCUT2D eigenvalue weighted by atomic mass is 10.2. The van der Waals surface area contributed by atoms with Crippen molar-refractivity contribution in [3.8, 4) is 5.82 Å². The molecule has 5 rings (SSSR count). The van der Waals surface area contributed by atoms with E-state index >= 15 is 0 Å². The largest absolute Gasteiger partial charge is 0.394 e. The van der Waals surface area contributed by atoms with E-state index in [1.807, 2.05) is 4.90 Å². The van der Waals surface area contributed by atoms with Crippen LogP contribution in [0, 0.1) is 0 Å². The Bertz CT molecular complexity index is 1230. The van der Waals surface area contributed by atoms with Gasteiger partial charge in [-0.05, 0) is 31.9 Å². The molecule has 36 heavy (non-hydrogen) atoms. The maximum absolute atomic E-state index is 14.0. The Hall–Kier alpha value is -3.38. The molecule has 3 aromatic rings. The zero-order valence-corrected chi connectivity index (χ0v) is 20.0. The van der Waals surface area contributed by atoms with Crippen LogP contribution in [0.25, 0.3) is 16.9 Å². The summed E-state index contributed by atoms with van der Waals surface area (Å²) in [5, 5.41) is 12.7. The molecule has 192 valence electrons. The van der Waals surface area contributed by atoms with Crippen LogP contribution in [0.4, 0.5) is 20.5 Å². The summed E-state index contributed by atoms with van der Waals surface area (Å²) in [6.45, 7) is 4.41. The number of aliphatic hydroxyl groups is 1. The van der Waals surface area contributed by atoms with Crippen LogP contribution in [0.3, 0.4) is 0 Å². The lowest BCUT2D eigenvalue weighted by Gasteiger charge is -2.29. The summed E-state index contributed by atoms with van der Waals surface area (Å²) < 4.78 is 34.8. The average molecular weight is 502 g/mol. The molecule has 4 heterocycles. The van der Waals surface area contributed by atoms with Crippen molar-refractivity contribution in [2.45, 2.75) is 38.3 Å². The molecule has 0 unspecified atom stereocenters. The summed E-state index contributed by atoms with van der Waals surface area (Å²) in [6, 6.07) is 7.66. The van der Waals surface area contributed by atoms with Crippen molar-refractivity contribution >= 4 is 28.7 Å². The van der Waals surface area contributed by atoms with Gasteiger partial charge in [-0.2, -0.15) is 9.97 Å². The minimum Gasteiger partial charge on any atom is -0.394 e. The molecule has 1 aromatic carbocycles. The van der Waals surface area contributed by atoms with E-state index in [1.54, 1.807) is 42.2 Å². The third kappa shape index (κ3) is 4.70. The van der Waals surface area contributed by atoms with Gasteiger partial charge in [0.25, 0.3) is 6.43 Å². The van der Waals surface area contributed by atoms with Gasteiger partial charge in [-0.15, -0.1) is 0 Å². The Kier molecular flexibility index (Phi) is 6.97. The summed E-state index contributed by atoms with van der Waals surface area (Å²) in [5.41, 5.74) is 0.929. The first-order chi connectivity index (χ1) is 17.5. The number of likely N-dealkylation sites (tertiary alicyclic amines) is 1. The number of nitrogens with one attached hydrogen (secondary N) is 1. The number of rotatable bonds is 7. The molecule has 2 aliphatic rings. The van der Waals surface area contributed by atoms with Crippen molar-refractivity contribution < 1.29 is 23.4 Å². The fourth-order valence-corrected chi connectivity index (χ4v) is 4.81. The van der Waals surface area contributed by atoms with Crippen LogP contribution in [-0.2, 0) is 9.53 Å². The molecular weight excluding hydrogens is 472 g/mol. The molecular formula is C24H29F2N7O3. The highest BCUT2D eigenvalue weighted by atomic mass is 19.3. The molecule has 2 aliphatic heterocycles. The van der Waals surface area contributed by atoms with Crippen molar-refractivity contribution in [1.82, 2.24) is 24.4 Å². The summed E-state index contributed by atoms with van der Waals surface area (Å²) >= 11 is 0. The molecule has 10 nitrogen and oxygen atoms in total. The number of amides is 1. The molecule has 12 heteroatoms. The topological polar surface area (TPSA) is 109 Å². The minimum absolute atomic E-state index is 0.0876. The Morgan fingerprint density at radius 3 is 2.67 bits per heavy atom. The van der Waals surface area contributed by atoms with Gasteiger partial charge in [-0.1, -0.05) is 12.1 Å². The molecule has 1 amide bonds. The van der Waals surface area contributed by atoms with Crippen LogP contribution in [0.2, 0.25) is 0 Å². The fraction of sp³-hybridized carbons (Fsp3) is 0.500. The number of imidazole rings is 1. The lowest BCUT2D eigenvalue weighted by molar-refractivity contribution is -0.133. The van der Waals surface area contributed by atoms with Crippen LogP contribution in [-0.4, -0.2) is 87.0 Å². The molecule has 2 aromatic heterocycles. The number of morpholine rings is 1. The Balaban J connectivity index is 1.54. The van der Waals surface area contributed by atoms with Gasteiger partial charge in [0.1, 0.15) is 17.7 Å². The molecule has 0 bridgehead atoms. The summed E-state index contributed by atoms with van der Waals surface area (Å²) in [6.07, 6.45) is -1.23. The molecule has 0 radical (unpaired) electrons. The SMILES string of the molecule is C[C@H](Nc1nc(N2CCOCC2)cc(-n2c(C(F)F)nc3ccccc32)n1)C(=O)N1CCC[C@@H]1CO. The van der Waals surface area contributed by atoms with Gasteiger partial charge in [0.2, 0.25) is 11.9 Å². The van der Waals surface area contributed by atoms with Crippen molar-refractivity contribution in [2.75, 3.05) is 49.7 Å².